The maximum absolute atomic E-state index is 4.63. The van der Waals surface area contributed by atoms with Crippen LogP contribution in [-0.2, 0) is 0 Å². The third-order valence-corrected chi connectivity index (χ3v) is 4.01. The maximum atomic E-state index is 4.63. The molecule has 0 saturated carbocycles. The van der Waals surface area contributed by atoms with Gasteiger partial charge in [-0.05, 0) is 25.5 Å². The van der Waals surface area contributed by atoms with Gasteiger partial charge in [0.25, 0.3) is 5.95 Å². The normalized spacial score (nSPS) is 11.8. The second-order valence-corrected chi connectivity index (χ2v) is 6.07. The lowest BCUT2D eigenvalue weighted by molar-refractivity contribution is 0.636. The number of anilines is 1. The Kier molecular flexibility index (Phi) is 3.85. The molecule has 0 fully saturated rings. The number of nitrogens with one attached hydrogen (secondary N) is 1. The van der Waals surface area contributed by atoms with Gasteiger partial charge in [-0.15, -0.1) is 10.2 Å². The summed E-state index contributed by atoms with van der Waals surface area (Å²) in [5.41, 5.74) is 6.59. The van der Waals surface area contributed by atoms with Crippen molar-refractivity contribution in [2.75, 3.05) is 5.43 Å². The van der Waals surface area contributed by atoms with E-state index in [0.717, 1.165) is 27.6 Å². The van der Waals surface area contributed by atoms with Gasteiger partial charge < -0.3 is 4.57 Å². The summed E-state index contributed by atoms with van der Waals surface area (Å²) in [6.45, 7) is 4.27. The smallest absolute Gasteiger partial charge is 0.265 e. The van der Waals surface area contributed by atoms with Crippen LogP contribution in [0.1, 0.15) is 25.5 Å². The minimum Gasteiger partial charge on any atom is -0.321 e. The standard InChI is InChI=1S/C19H18N6/c1-13(2)25-16-11-7-6-10-15(16)17-18(25)21-19(24-22-17)23-20-12-14-8-4-3-5-9-14/h3-13H,1-2H3,(H,21,23,24)/b20-12+. The summed E-state index contributed by atoms with van der Waals surface area (Å²) in [5.74, 6) is 0.379. The number of nitrogens with zero attached hydrogens (tertiary/aromatic N) is 5. The van der Waals surface area contributed by atoms with E-state index >= 15 is 0 Å². The van der Waals surface area contributed by atoms with Crippen LogP contribution in [0.4, 0.5) is 5.95 Å². The second kappa shape index (κ2) is 6.32. The molecule has 6 nitrogen and oxygen atoms in total. The number of benzene rings is 2. The molecule has 2 aromatic carbocycles. The van der Waals surface area contributed by atoms with Crippen molar-refractivity contribution >= 4 is 34.2 Å². The van der Waals surface area contributed by atoms with Gasteiger partial charge >= 0.3 is 0 Å². The molecule has 6 heteroatoms. The lowest BCUT2D eigenvalue weighted by Gasteiger charge is -2.10. The number of para-hydroxylation sites is 1. The quantitative estimate of drug-likeness (QED) is 0.453. The van der Waals surface area contributed by atoms with Crippen LogP contribution >= 0.6 is 0 Å². The molecule has 0 aliphatic carbocycles. The first-order chi connectivity index (χ1) is 12.2. The lowest BCUT2D eigenvalue weighted by Crippen LogP contribution is -2.04. The monoisotopic (exact) mass is 330 g/mol. The van der Waals surface area contributed by atoms with E-state index in [-0.39, 0.29) is 6.04 Å². The van der Waals surface area contributed by atoms with Crippen LogP contribution in [-0.4, -0.2) is 26.0 Å². The average Bonchev–Trinajstić information content (AvgIpc) is 2.96. The van der Waals surface area contributed by atoms with Crippen LogP contribution in [0.3, 0.4) is 0 Å². The van der Waals surface area contributed by atoms with Gasteiger partial charge in [-0.25, -0.2) is 5.43 Å². The minimum atomic E-state index is 0.264. The molecule has 0 amide bonds. The molecule has 0 aliphatic rings. The van der Waals surface area contributed by atoms with Gasteiger partial charge in [0.15, 0.2) is 5.65 Å². The molecule has 4 rings (SSSR count). The number of rotatable bonds is 4. The van der Waals surface area contributed by atoms with Crippen LogP contribution in [0.2, 0.25) is 0 Å². The van der Waals surface area contributed by atoms with Crippen molar-refractivity contribution in [3.63, 3.8) is 0 Å². The number of hydrazone groups is 1. The molecule has 124 valence electrons. The van der Waals surface area contributed by atoms with E-state index in [1.807, 2.05) is 48.5 Å². The van der Waals surface area contributed by atoms with Crippen LogP contribution in [0.25, 0.3) is 22.1 Å². The van der Waals surface area contributed by atoms with Crippen LogP contribution < -0.4 is 5.43 Å². The van der Waals surface area contributed by atoms with Crippen molar-refractivity contribution in [2.45, 2.75) is 19.9 Å². The molecule has 4 aromatic rings. The second-order valence-electron chi connectivity index (χ2n) is 6.07. The Hall–Kier alpha value is -3.28. The molecule has 0 aliphatic heterocycles. The Morgan fingerprint density at radius 2 is 1.76 bits per heavy atom. The number of aromatic nitrogens is 4. The third-order valence-electron chi connectivity index (χ3n) is 4.01. The van der Waals surface area contributed by atoms with Crippen molar-refractivity contribution in [1.82, 2.24) is 19.7 Å². The highest BCUT2D eigenvalue weighted by Crippen LogP contribution is 2.29. The molecule has 0 bridgehead atoms. The van der Waals surface area contributed by atoms with E-state index in [2.05, 4.69) is 50.2 Å². The predicted octanol–water partition coefficient (Wildman–Crippen LogP) is 4.01. The molecule has 0 radical (unpaired) electrons. The van der Waals surface area contributed by atoms with E-state index in [1.165, 1.54) is 0 Å². The Labute approximate surface area is 145 Å². The van der Waals surface area contributed by atoms with Gasteiger partial charge in [-0.3, -0.25) is 0 Å². The van der Waals surface area contributed by atoms with E-state index in [1.54, 1.807) is 6.21 Å². The fourth-order valence-electron chi connectivity index (χ4n) is 2.93. The average molecular weight is 330 g/mol. The van der Waals surface area contributed by atoms with Crippen molar-refractivity contribution in [2.24, 2.45) is 5.10 Å². The van der Waals surface area contributed by atoms with Gasteiger partial charge in [0, 0.05) is 11.4 Å². The molecule has 0 saturated heterocycles. The van der Waals surface area contributed by atoms with Gasteiger partial charge in [-0.2, -0.15) is 10.1 Å². The van der Waals surface area contributed by atoms with Gasteiger partial charge in [0.05, 0.1) is 11.7 Å². The van der Waals surface area contributed by atoms with E-state index < -0.39 is 0 Å². The highest BCUT2D eigenvalue weighted by Gasteiger charge is 2.16. The summed E-state index contributed by atoms with van der Waals surface area (Å²) in [6.07, 6.45) is 1.73. The van der Waals surface area contributed by atoms with Crippen LogP contribution in [0.5, 0.6) is 0 Å². The zero-order valence-corrected chi connectivity index (χ0v) is 14.1. The zero-order chi connectivity index (χ0) is 17.2. The number of hydrogen-bond donors (Lipinski definition) is 1. The van der Waals surface area contributed by atoms with Crippen LogP contribution in [0, 0.1) is 0 Å². The van der Waals surface area contributed by atoms with E-state index in [0.29, 0.717) is 5.95 Å². The van der Waals surface area contributed by atoms with Crippen molar-refractivity contribution in [3.8, 4) is 0 Å². The fraction of sp³-hybridized carbons (Fsp3) is 0.158. The third kappa shape index (κ3) is 2.82. The minimum absolute atomic E-state index is 0.264. The zero-order valence-electron chi connectivity index (χ0n) is 14.1. The molecule has 0 unspecified atom stereocenters. The molecule has 1 N–H and O–H groups in total. The predicted molar refractivity (Wildman–Crippen MR) is 101 cm³/mol. The van der Waals surface area contributed by atoms with Crippen molar-refractivity contribution in [1.29, 1.82) is 0 Å². The van der Waals surface area contributed by atoms with Crippen LogP contribution in [0.15, 0.2) is 59.7 Å². The summed E-state index contributed by atoms with van der Waals surface area (Å²) < 4.78 is 2.17. The van der Waals surface area contributed by atoms with E-state index in [9.17, 15) is 0 Å². The summed E-state index contributed by atoms with van der Waals surface area (Å²) >= 11 is 0. The van der Waals surface area contributed by atoms with Gasteiger partial charge in [0.1, 0.15) is 5.52 Å². The fourth-order valence-corrected chi connectivity index (χ4v) is 2.93. The first-order valence-corrected chi connectivity index (χ1v) is 8.21. The molecular weight excluding hydrogens is 312 g/mol. The van der Waals surface area contributed by atoms with Gasteiger partial charge in [0.2, 0.25) is 0 Å². The Morgan fingerprint density at radius 1 is 1.00 bits per heavy atom. The Morgan fingerprint density at radius 3 is 2.56 bits per heavy atom. The Balaban J connectivity index is 1.73. The van der Waals surface area contributed by atoms with Crippen molar-refractivity contribution in [3.05, 3.63) is 60.2 Å². The maximum Gasteiger partial charge on any atom is 0.265 e. The molecule has 2 aromatic heterocycles. The lowest BCUT2D eigenvalue weighted by atomic mass is 10.2. The molecule has 25 heavy (non-hydrogen) atoms. The SMILES string of the molecule is CC(C)n1c2ccccc2c2nnc(N/N=C/c3ccccc3)nc21. The topological polar surface area (TPSA) is 68.0 Å². The highest BCUT2D eigenvalue weighted by atomic mass is 15.4. The summed E-state index contributed by atoms with van der Waals surface area (Å²) in [7, 11) is 0. The summed E-state index contributed by atoms with van der Waals surface area (Å²) in [6, 6.07) is 18.3. The molecule has 2 heterocycles. The summed E-state index contributed by atoms with van der Waals surface area (Å²) in [5, 5.41) is 13.8. The molecular formula is C19H18N6. The molecule has 0 atom stereocenters. The first kappa shape index (κ1) is 15.3. The van der Waals surface area contributed by atoms with E-state index in [4.69, 9.17) is 0 Å². The first-order valence-electron chi connectivity index (χ1n) is 8.21. The highest BCUT2D eigenvalue weighted by molar-refractivity contribution is 6.04. The number of hydrogen-bond acceptors (Lipinski definition) is 5. The van der Waals surface area contributed by atoms with Crippen molar-refractivity contribution < 1.29 is 0 Å². The Bertz CT molecular complexity index is 1050. The van der Waals surface area contributed by atoms with Gasteiger partial charge in [-0.1, -0.05) is 48.5 Å². The number of fused-ring (bicyclic) bond motifs is 3. The largest absolute Gasteiger partial charge is 0.321 e. The summed E-state index contributed by atoms with van der Waals surface area (Å²) in [4.78, 5) is 4.63. The molecule has 0 spiro atoms.